The molecule has 3 rings (SSSR count). The Hall–Kier alpha value is -2.00. The molecule has 0 atom stereocenters. The number of aromatic nitrogens is 1. The maximum atomic E-state index is 13.3. The topological polar surface area (TPSA) is 4.93 Å². The first-order valence-corrected chi connectivity index (χ1v) is 8.41. The lowest BCUT2D eigenvalue weighted by atomic mass is 9.97. The van der Waals surface area contributed by atoms with Gasteiger partial charge in [-0.3, -0.25) is 0 Å². The fraction of sp³-hybridized carbons (Fsp3) is 0.158. The van der Waals surface area contributed by atoms with Crippen molar-refractivity contribution >= 4 is 11.8 Å². The van der Waals surface area contributed by atoms with Gasteiger partial charge in [0, 0.05) is 22.9 Å². The number of hydrogen-bond donors (Lipinski definition) is 0. The minimum atomic E-state index is -0.208. The second-order valence-corrected chi connectivity index (χ2v) is 6.16. The highest BCUT2D eigenvalue weighted by atomic mass is 32.2. The largest absolute Gasteiger partial charge is 0.323 e. The summed E-state index contributed by atoms with van der Waals surface area (Å²) in [5, 5.41) is 0. The van der Waals surface area contributed by atoms with Crippen LogP contribution in [0.25, 0.3) is 16.8 Å². The van der Waals surface area contributed by atoms with E-state index in [-0.39, 0.29) is 5.82 Å². The van der Waals surface area contributed by atoms with E-state index in [2.05, 4.69) is 30.7 Å². The number of rotatable bonds is 3. The highest BCUT2D eigenvalue weighted by molar-refractivity contribution is 7.98. The second-order valence-electron chi connectivity index (χ2n) is 5.34. The zero-order valence-electron chi connectivity index (χ0n) is 12.9. The quantitative estimate of drug-likeness (QED) is 0.568. The van der Waals surface area contributed by atoms with E-state index in [4.69, 9.17) is 0 Å². The molecule has 22 heavy (non-hydrogen) atoms. The van der Waals surface area contributed by atoms with Crippen LogP contribution in [0.3, 0.4) is 0 Å². The van der Waals surface area contributed by atoms with Crippen molar-refractivity contribution in [2.75, 3.05) is 6.26 Å². The molecule has 0 radical (unpaired) electrons. The van der Waals surface area contributed by atoms with Gasteiger partial charge in [0.1, 0.15) is 5.82 Å². The van der Waals surface area contributed by atoms with Gasteiger partial charge >= 0.3 is 0 Å². The fourth-order valence-electron chi connectivity index (χ4n) is 2.72. The van der Waals surface area contributed by atoms with Crippen LogP contribution in [0.15, 0.2) is 59.8 Å². The monoisotopic (exact) mass is 311 g/mol. The summed E-state index contributed by atoms with van der Waals surface area (Å²) in [5.41, 5.74) is 5.87. The second kappa shape index (κ2) is 6.01. The Morgan fingerprint density at radius 3 is 2.23 bits per heavy atom. The van der Waals surface area contributed by atoms with E-state index in [1.165, 1.54) is 28.2 Å². The van der Waals surface area contributed by atoms with Crippen LogP contribution in [0.2, 0.25) is 0 Å². The van der Waals surface area contributed by atoms with Gasteiger partial charge in [-0.25, -0.2) is 4.39 Å². The van der Waals surface area contributed by atoms with Crippen molar-refractivity contribution in [2.45, 2.75) is 18.7 Å². The third kappa shape index (κ3) is 2.57. The number of thioether (sulfide) groups is 1. The van der Waals surface area contributed by atoms with Crippen molar-refractivity contribution in [3.05, 3.63) is 71.8 Å². The van der Waals surface area contributed by atoms with E-state index >= 15 is 0 Å². The van der Waals surface area contributed by atoms with E-state index in [9.17, 15) is 4.39 Å². The standard InChI is InChI=1S/C19H18FNS/c1-13-12-17(21-10-4-5-11-21)18(19(22-3)14(13)2)15-6-8-16(20)9-7-15/h4-12H,1-3H3. The number of halogens is 1. The fourth-order valence-corrected chi connectivity index (χ4v) is 3.61. The molecule has 1 nitrogen and oxygen atoms in total. The van der Waals surface area contributed by atoms with Gasteiger partial charge in [-0.05, 0) is 67.1 Å². The summed E-state index contributed by atoms with van der Waals surface area (Å²) in [7, 11) is 0. The number of hydrogen-bond acceptors (Lipinski definition) is 1. The van der Waals surface area contributed by atoms with Crippen molar-refractivity contribution in [2.24, 2.45) is 0 Å². The third-order valence-corrected chi connectivity index (χ3v) is 4.91. The van der Waals surface area contributed by atoms with E-state index in [0.29, 0.717) is 0 Å². The van der Waals surface area contributed by atoms with Crippen molar-refractivity contribution in [1.29, 1.82) is 0 Å². The van der Waals surface area contributed by atoms with Crippen LogP contribution in [0.4, 0.5) is 4.39 Å². The minimum Gasteiger partial charge on any atom is -0.323 e. The van der Waals surface area contributed by atoms with Crippen LogP contribution in [0, 0.1) is 19.7 Å². The molecule has 2 aromatic carbocycles. The van der Waals surface area contributed by atoms with Crippen LogP contribution in [-0.4, -0.2) is 10.8 Å². The average Bonchev–Trinajstić information content (AvgIpc) is 3.04. The van der Waals surface area contributed by atoms with Gasteiger partial charge in [0.2, 0.25) is 0 Å². The van der Waals surface area contributed by atoms with Crippen LogP contribution < -0.4 is 0 Å². The molecule has 3 aromatic rings. The Bertz CT molecular complexity index is 789. The van der Waals surface area contributed by atoms with Gasteiger partial charge in [0.05, 0.1) is 5.69 Å². The van der Waals surface area contributed by atoms with Crippen molar-refractivity contribution in [3.8, 4) is 16.8 Å². The first kappa shape index (κ1) is 14.9. The maximum absolute atomic E-state index is 13.3. The summed E-state index contributed by atoms with van der Waals surface area (Å²) in [6.07, 6.45) is 6.18. The van der Waals surface area contributed by atoms with E-state index in [0.717, 1.165) is 16.8 Å². The first-order chi connectivity index (χ1) is 10.6. The summed E-state index contributed by atoms with van der Waals surface area (Å²) in [5.74, 6) is -0.208. The molecule has 0 fully saturated rings. The molecule has 0 amide bonds. The van der Waals surface area contributed by atoms with Gasteiger partial charge in [0.15, 0.2) is 0 Å². The zero-order valence-corrected chi connectivity index (χ0v) is 13.7. The summed E-state index contributed by atoms with van der Waals surface area (Å²) >= 11 is 1.74. The average molecular weight is 311 g/mol. The van der Waals surface area contributed by atoms with Crippen LogP contribution >= 0.6 is 11.8 Å². The molecular formula is C19H18FNS. The molecule has 3 heteroatoms. The molecule has 0 saturated heterocycles. The predicted octanol–water partition coefficient (Wildman–Crippen LogP) is 5.62. The van der Waals surface area contributed by atoms with Gasteiger partial charge in [-0.1, -0.05) is 12.1 Å². The predicted molar refractivity (Wildman–Crippen MR) is 92.4 cm³/mol. The Morgan fingerprint density at radius 2 is 1.64 bits per heavy atom. The van der Waals surface area contributed by atoms with Crippen LogP contribution in [0.5, 0.6) is 0 Å². The molecule has 0 aliphatic rings. The van der Waals surface area contributed by atoms with Gasteiger partial charge < -0.3 is 4.57 Å². The Morgan fingerprint density at radius 1 is 1.00 bits per heavy atom. The Kier molecular flexibility index (Phi) is 4.08. The lowest BCUT2D eigenvalue weighted by Gasteiger charge is -2.19. The first-order valence-electron chi connectivity index (χ1n) is 7.19. The SMILES string of the molecule is CSc1c(C)c(C)cc(-n2cccc2)c1-c1ccc(F)cc1. The molecule has 0 bridgehead atoms. The summed E-state index contributed by atoms with van der Waals surface area (Å²) in [4.78, 5) is 1.25. The molecule has 112 valence electrons. The number of benzene rings is 2. The zero-order chi connectivity index (χ0) is 15.7. The van der Waals surface area contributed by atoms with Crippen molar-refractivity contribution < 1.29 is 4.39 Å². The maximum Gasteiger partial charge on any atom is 0.123 e. The van der Waals surface area contributed by atoms with E-state index < -0.39 is 0 Å². The van der Waals surface area contributed by atoms with E-state index in [1.54, 1.807) is 11.8 Å². The minimum absolute atomic E-state index is 0.208. The van der Waals surface area contributed by atoms with Gasteiger partial charge in [-0.15, -0.1) is 11.8 Å². The normalized spacial score (nSPS) is 10.9. The number of nitrogens with zero attached hydrogens (tertiary/aromatic N) is 1. The Balaban J connectivity index is 2.34. The molecule has 0 saturated carbocycles. The molecular weight excluding hydrogens is 293 g/mol. The summed E-state index contributed by atoms with van der Waals surface area (Å²) < 4.78 is 15.4. The lowest BCUT2D eigenvalue weighted by molar-refractivity contribution is 0.628. The summed E-state index contributed by atoms with van der Waals surface area (Å²) in [6, 6.07) is 13.0. The number of aryl methyl sites for hydroxylation is 1. The molecule has 1 heterocycles. The highest BCUT2D eigenvalue weighted by Gasteiger charge is 2.16. The molecule has 1 aromatic heterocycles. The molecule has 0 N–H and O–H groups in total. The highest BCUT2D eigenvalue weighted by Crippen LogP contribution is 2.39. The molecule has 0 spiro atoms. The van der Waals surface area contributed by atoms with Crippen LogP contribution in [0.1, 0.15) is 11.1 Å². The Labute approximate surface area is 134 Å². The van der Waals surface area contributed by atoms with Crippen molar-refractivity contribution in [1.82, 2.24) is 4.57 Å². The summed E-state index contributed by atoms with van der Waals surface area (Å²) in [6.45, 7) is 4.28. The van der Waals surface area contributed by atoms with Gasteiger partial charge in [0.25, 0.3) is 0 Å². The molecule has 0 unspecified atom stereocenters. The van der Waals surface area contributed by atoms with E-state index in [1.807, 2.05) is 36.7 Å². The third-order valence-electron chi connectivity index (χ3n) is 3.99. The van der Waals surface area contributed by atoms with Crippen molar-refractivity contribution in [3.63, 3.8) is 0 Å². The molecule has 0 aliphatic carbocycles. The lowest BCUT2D eigenvalue weighted by Crippen LogP contribution is -2.00. The van der Waals surface area contributed by atoms with Gasteiger partial charge in [-0.2, -0.15) is 0 Å². The molecule has 0 aliphatic heterocycles. The smallest absolute Gasteiger partial charge is 0.123 e. The van der Waals surface area contributed by atoms with Crippen LogP contribution in [-0.2, 0) is 0 Å².